The number of hydrogen-bond acceptors (Lipinski definition) is 6. The van der Waals surface area contributed by atoms with Crippen LogP contribution in [0, 0.1) is 0 Å². The molecule has 0 amide bonds. The van der Waals surface area contributed by atoms with Crippen molar-refractivity contribution < 1.29 is 25.9 Å². The van der Waals surface area contributed by atoms with Crippen molar-refractivity contribution in [2.75, 3.05) is 0 Å². The molecule has 0 fully saturated rings. The summed E-state index contributed by atoms with van der Waals surface area (Å²) < 4.78 is 66.8. The first-order valence-electron chi connectivity index (χ1n) is 37.2. The number of hydrogen-bond donors (Lipinski definition) is 0. The average molecular weight is 1350 g/mol. The molecule has 0 aliphatic carbocycles. The predicted octanol–water partition coefficient (Wildman–Crippen LogP) is 25.3. The van der Waals surface area contributed by atoms with E-state index >= 15 is 0 Å². The van der Waals surface area contributed by atoms with Gasteiger partial charge in [0.15, 0.2) is 0 Å². The van der Waals surface area contributed by atoms with E-state index in [0.717, 1.165) is 36.8 Å². The molecule has 0 N–H and O–H groups in total. The van der Waals surface area contributed by atoms with Crippen molar-refractivity contribution in [3.8, 4) is 0 Å². The molecule has 0 saturated heterocycles. The van der Waals surface area contributed by atoms with Crippen LogP contribution in [0.2, 0.25) is 0 Å². The summed E-state index contributed by atoms with van der Waals surface area (Å²) in [7, 11) is -8.69. The number of unbranched alkanes of at least 4 members (excludes halogenated alkanes) is 58. The first-order chi connectivity index (χ1) is 41.1. The predicted molar refractivity (Wildman–Crippen MR) is 370 cm³/mol. The maximum absolute atomic E-state index is 11.1. The summed E-state index contributed by atoms with van der Waals surface area (Å²) in [5.74, 6) is 0. The van der Waals surface area contributed by atoms with Gasteiger partial charge in [-0.1, -0.05) is 411 Å². The largest absolute Gasteiger partial charge is 2.00 e. The minimum atomic E-state index is -4.35. The zero-order chi connectivity index (χ0) is 60.8. The van der Waals surface area contributed by atoms with E-state index in [-0.39, 0.29) is 58.7 Å². The van der Waals surface area contributed by atoms with Crippen LogP contribution < -0.4 is 0 Å². The first kappa shape index (κ1) is 84.8. The van der Waals surface area contributed by atoms with Crippen LogP contribution in [0.3, 0.4) is 0 Å². The molecule has 2 rings (SSSR count). The van der Waals surface area contributed by atoms with Gasteiger partial charge in [0.2, 0.25) is 0 Å². The van der Waals surface area contributed by atoms with Crippen molar-refractivity contribution in [3.63, 3.8) is 0 Å². The third kappa shape index (κ3) is 61.1. The second-order valence-corrected chi connectivity index (χ2v) is 29.0. The fourth-order valence-electron chi connectivity index (χ4n) is 12.4. The van der Waals surface area contributed by atoms with Gasteiger partial charge in [0.25, 0.3) is 0 Å². The molecule has 0 radical (unpaired) electrons. The van der Waals surface area contributed by atoms with E-state index in [1.807, 2.05) is 12.1 Å². The van der Waals surface area contributed by atoms with Gasteiger partial charge in [-0.25, -0.2) is 16.8 Å². The van der Waals surface area contributed by atoms with E-state index in [1.165, 1.54) is 397 Å². The minimum Gasteiger partial charge on any atom is -0.744 e. The molecular formula is C76H138BaO6S2. The number of rotatable bonds is 64. The summed E-state index contributed by atoms with van der Waals surface area (Å²) in [6.45, 7) is 4.60. The SMILES string of the molecule is CCCCCCCCCCCCCCCCCCCCCCCCCCCCCCCCc1cccc(S(=O)(=O)[O-])c1.CCCCCCCCCCCCCCCCCCCCCCCCCCCCCCCCc1cccc(S(=O)(=O)[O-])c1.[Ba+2]. The van der Waals surface area contributed by atoms with E-state index in [9.17, 15) is 25.9 Å². The van der Waals surface area contributed by atoms with Crippen LogP contribution in [0.5, 0.6) is 0 Å². The Morgan fingerprint density at radius 2 is 0.376 bits per heavy atom. The maximum Gasteiger partial charge on any atom is 2.00 e. The second kappa shape index (κ2) is 65.3. The summed E-state index contributed by atoms with van der Waals surface area (Å²) in [6, 6.07) is 13.0. The normalized spacial score (nSPS) is 11.7. The quantitative estimate of drug-likeness (QED) is 0.0370. The van der Waals surface area contributed by atoms with Crippen LogP contribution in [0.1, 0.15) is 410 Å². The molecule has 492 valence electrons. The second-order valence-electron chi connectivity index (χ2n) is 26.2. The van der Waals surface area contributed by atoms with Crippen molar-refractivity contribution in [1.82, 2.24) is 0 Å². The molecule has 2 aromatic rings. The standard InChI is InChI=1S/2C38H70O3S.Ba/c2*1-2-3-4-5-6-7-8-9-10-11-12-13-14-15-16-17-18-19-20-21-22-23-24-25-26-27-28-29-30-31-33-37-34-32-35-38(36-37)42(39,40)41;/h2*32,34-36H,2-31,33H2,1H3,(H,39,40,41);/q;;+2/p-2. The van der Waals surface area contributed by atoms with Crippen molar-refractivity contribution in [3.05, 3.63) is 59.7 Å². The summed E-state index contributed by atoms with van der Waals surface area (Å²) in [4.78, 5) is -0.212. The number of aryl methyl sites for hydroxylation is 2. The zero-order valence-corrected chi connectivity index (χ0v) is 62.5. The van der Waals surface area contributed by atoms with E-state index < -0.39 is 20.2 Å². The van der Waals surface area contributed by atoms with E-state index in [0.29, 0.717) is 0 Å². The molecule has 0 spiro atoms. The van der Waals surface area contributed by atoms with Crippen molar-refractivity contribution in [2.24, 2.45) is 0 Å². The summed E-state index contributed by atoms with van der Waals surface area (Å²) in [5, 5.41) is 0. The van der Waals surface area contributed by atoms with Gasteiger partial charge in [0.1, 0.15) is 20.2 Å². The van der Waals surface area contributed by atoms with Crippen LogP contribution in [0.4, 0.5) is 0 Å². The van der Waals surface area contributed by atoms with Crippen LogP contribution in [-0.4, -0.2) is 74.8 Å². The minimum absolute atomic E-state index is 0. The summed E-state index contributed by atoms with van der Waals surface area (Å²) in [5.41, 5.74) is 1.90. The Labute approximate surface area is 571 Å². The Morgan fingerprint density at radius 3 is 0.518 bits per heavy atom. The van der Waals surface area contributed by atoms with Gasteiger partial charge in [-0.3, -0.25) is 0 Å². The molecule has 0 atom stereocenters. The van der Waals surface area contributed by atoms with E-state index in [1.54, 1.807) is 12.1 Å². The molecule has 0 heterocycles. The first-order valence-corrected chi connectivity index (χ1v) is 40.0. The Hall–Kier alpha value is -0.169. The fourth-order valence-corrected chi connectivity index (χ4v) is 13.5. The summed E-state index contributed by atoms with van der Waals surface area (Å²) in [6.07, 6.45) is 86.1. The molecule has 2 aromatic carbocycles. The third-order valence-electron chi connectivity index (χ3n) is 18.0. The molecule has 0 bridgehead atoms. The molecule has 0 saturated carbocycles. The van der Waals surface area contributed by atoms with Gasteiger partial charge >= 0.3 is 48.9 Å². The Morgan fingerprint density at radius 1 is 0.235 bits per heavy atom. The van der Waals surface area contributed by atoms with Crippen LogP contribution in [-0.2, 0) is 33.1 Å². The molecule has 6 nitrogen and oxygen atoms in total. The topological polar surface area (TPSA) is 114 Å². The van der Waals surface area contributed by atoms with Gasteiger partial charge in [0, 0.05) is 0 Å². The van der Waals surface area contributed by atoms with Gasteiger partial charge in [-0.15, -0.1) is 0 Å². The molecule has 0 aromatic heterocycles. The van der Waals surface area contributed by atoms with Gasteiger partial charge in [0.05, 0.1) is 9.79 Å². The van der Waals surface area contributed by atoms with E-state index in [2.05, 4.69) is 13.8 Å². The monoisotopic (exact) mass is 1350 g/mol. The molecule has 0 aliphatic heterocycles. The fraction of sp³-hybridized carbons (Fsp3) is 0.842. The van der Waals surface area contributed by atoms with Crippen molar-refractivity contribution in [1.29, 1.82) is 0 Å². The van der Waals surface area contributed by atoms with Crippen molar-refractivity contribution >= 4 is 69.1 Å². The molecular weight excluding hydrogens is 1210 g/mol. The Balaban J connectivity index is 0.00000164. The Kier molecular flexibility index (Phi) is 65.2. The van der Waals surface area contributed by atoms with Gasteiger partial charge in [-0.2, -0.15) is 0 Å². The van der Waals surface area contributed by atoms with Crippen molar-refractivity contribution in [2.45, 2.75) is 422 Å². The Bertz CT molecular complexity index is 1750. The van der Waals surface area contributed by atoms with Crippen LogP contribution in [0.25, 0.3) is 0 Å². The zero-order valence-electron chi connectivity index (χ0n) is 56.4. The average Bonchev–Trinajstić information content (AvgIpc) is 3.66. The molecule has 85 heavy (non-hydrogen) atoms. The maximum atomic E-state index is 11.1. The molecule has 0 aliphatic rings. The van der Waals surface area contributed by atoms with Crippen LogP contribution in [0.15, 0.2) is 58.3 Å². The van der Waals surface area contributed by atoms with E-state index in [4.69, 9.17) is 0 Å². The molecule has 9 heteroatoms. The van der Waals surface area contributed by atoms with Gasteiger partial charge in [-0.05, 0) is 61.1 Å². The number of benzene rings is 2. The summed E-state index contributed by atoms with van der Waals surface area (Å²) >= 11 is 0. The molecule has 0 unspecified atom stereocenters. The third-order valence-corrected chi connectivity index (χ3v) is 19.7. The smallest absolute Gasteiger partial charge is 0.744 e. The van der Waals surface area contributed by atoms with Crippen LogP contribution >= 0.6 is 0 Å². The van der Waals surface area contributed by atoms with Gasteiger partial charge < -0.3 is 9.11 Å².